The van der Waals surface area contributed by atoms with Gasteiger partial charge >= 0.3 is 0 Å². The Morgan fingerprint density at radius 2 is 1.94 bits per heavy atom. The molecule has 1 heterocycles. The van der Waals surface area contributed by atoms with Crippen LogP contribution in [-0.4, -0.2) is 6.54 Å². The van der Waals surface area contributed by atoms with Crippen LogP contribution in [-0.2, 0) is 0 Å². The van der Waals surface area contributed by atoms with Crippen molar-refractivity contribution in [2.75, 3.05) is 11.9 Å². The van der Waals surface area contributed by atoms with Gasteiger partial charge in [0.05, 0.1) is 9.83 Å². The first-order valence-corrected chi connectivity index (χ1v) is 6.77. The number of nitrogens with one attached hydrogen (secondary N) is 1. The van der Waals surface area contributed by atoms with E-state index in [1.807, 2.05) is 12.1 Å². The van der Waals surface area contributed by atoms with E-state index in [1.54, 1.807) is 23.5 Å². The second-order valence-corrected chi connectivity index (χ2v) is 6.08. The van der Waals surface area contributed by atoms with Crippen LogP contribution in [0, 0.1) is 5.82 Å². The van der Waals surface area contributed by atoms with Crippen molar-refractivity contribution in [3.05, 3.63) is 50.9 Å². The molecule has 5 heteroatoms. The van der Waals surface area contributed by atoms with Crippen LogP contribution in [0.25, 0.3) is 0 Å². The van der Waals surface area contributed by atoms with Crippen LogP contribution in [0.4, 0.5) is 10.1 Å². The first-order valence-electron chi connectivity index (χ1n) is 5.16. The number of hydrogen-bond acceptors (Lipinski definition) is 3. The molecule has 2 rings (SSSR count). The summed E-state index contributed by atoms with van der Waals surface area (Å²) in [6.45, 7) is 0.490. The van der Waals surface area contributed by atoms with Crippen molar-refractivity contribution in [2.45, 2.75) is 6.04 Å². The SMILES string of the molecule is NCC(Nc1ccc(F)cc1)c1ccc(Br)s1. The fourth-order valence-corrected chi connectivity index (χ4v) is 3.00. The molecule has 2 aromatic rings. The Labute approximate surface area is 112 Å². The molecular weight excluding hydrogens is 303 g/mol. The number of anilines is 1. The lowest BCUT2D eigenvalue weighted by Crippen LogP contribution is -2.19. The minimum absolute atomic E-state index is 0.0526. The third kappa shape index (κ3) is 3.28. The normalized spacial score (nSPS) is 12.4. The fourth-order valence-electron chi connectivity index (χ4n) is 1.51. The molecule has 0 saturated heterocycles. The molecule has 0 aliphatic heterocycles. The second kappa shape index (κ2) is 5.62. The summed E-state index contributed by atoms with van der Waals surface area (Å²) in [5.74, 6) is -0.237. The lowest BCUT2D eigenvalue weighted by molar-refractivity contribution is 0.628. The number of thiophene rings is 1. The Bertz CT molecular complexity index is 484. The van der Waals surface area contributed by atoms with E-state index in [9.17, 15) is 4.39 Å². The van der Waals surface area contributed by atoms with Gasteiger partial charge in [0.25, 0.3) is 0 Å². The van der Waals surface area contributed by atoms with Crippen LogP contribution in [0.2, 0.25) is 0 Å². The van der Waals surface area contributed by atoms with Crippen LogP contribution >= 0.6 is 27.3 Å². The molecule has 3 N–H and O–H groups in total. The summed E-state index contributed by atoms with van der Waals surface area (Å²) in [5.41, 5.74) is 6.61. The standard InChI is InChI=1S/C12H12BrFN2S/c13-12-6-5-11(17-12)10(7-15)16-9-3-1-8(14)2-4-9/h1-6,10,16H,7,15H2. The van der Waals surface area contributed by atoms with E-state index in [1.165, 1.54) is 12.1 Å². The Hall–Kier alpha value is -0.910. The predicted octanol–water partition coefficient (Wildman–Crippen LogP) is 3.76. The summed E-state index contributed by atoms with van der Waals surface area (Å²) in [5, 5.41) is 3.28. The van der Waals surface area contributed by atoms with Gasteiger partial charge in [-0.25, -0.2) is 4.39 Å². The quantitative estimate of drug-likeness (QED) is 0.901. The monoisotopic (exact) mass is 314 g/mol. The van der Waals surface area contributed by atoms with Gasteiger partial charge < -0.3 is 11.1 Å². The largest absolute Gasteiger partial charge is 0.376 e. The van der Waals surface area contributed by atoms with E-state index in [2.05, 4.69) is 21.2 Å². The zero-order valence-corrected chi connectivity index (χ0v) is 11.4. The third-order valence-corrected chi connectivity index (χ3v) is 4.10. The van der Waals surface area contributed by atoms with Crippen molar-refractivity contribution >= 4 is 33.0 Å². The first-order chi connectivity index (χ1) is 8.19. The minimum atomic E-state index is -0.237. The molecule has 0 bridgehead atoms. The molecule has 0 spiro atoms. The Morgan fingerprint density at radius 3 is 2.47 bits per heavy atom. The topological polar surface area (TPSA) is 38.0 Å². The molecule has 1 aromatic heterocycles. The smallest absolute Gasteiger partial charge is 0.123 e. The molecule has 0 aliphatic rings. The van der Waals surface area contributed by atoms with Crippen LogP contribution in [0.1, 0.15) is 10.9 Å². The van der Waals surface area contributed by atoms with E-state index >= 15 is 0 Å². The van der Waals surface area contributed by atoms with Crippen LogP contribution in [0.5, 0.6) is 0 Å². The maximum Gasteiger partial charge on any atom is 0.123 e. The van der Waals surface area contributed by atoms with Crippen molar-refractivity contribution in [1.29, 1.82) is 0 Å². The number of nitrogens with two attached hydrogens (primary N) is 1. The molecule has 90 valence electrons. The molecule has 0 fully saturated rings. The van der Waals surface area contributed by atoms with Crippen molar-refractivity contribution in [3.8, 4) is 0 Å². The maximum atomic E-state index is 12.8. The molecule has 0 amide bonds. The maximum absolute atomic E-state index is 12.8. The highest BCUT2D eigenvalue weighted by atomic mass is 79.9. The molecule has 0 aliphatic carbocycles. The first kappa shape index (κ1) is 12.5. The van der Waals surface area contributed by atoms with Crippen molar-refractivity contribution in [3.63, 3.8) is 0 Å². The Kier molecular flexibility index (Phi) is 4.15. The lowest BCUT2D eigenvalue weighted by Gasteiger charge is -2.16. The van der Waals surface area contributed by atoms with Gasteiger partial charge in [0.15, 0.2) is 0 Å². The summed E-state index contributed by atoms with van der Waals surface area (Å²) in [6.07, 6.45) is 0. The average molecular weight is 315 g/mol. The van der Waals surface area contributed by atoms with Crippen LogP contribution < -0.4 is 11.1 Å². The highest BCUT2D eigenvalue weighted by Gasteiger charge is 2.11. The number of hydrogen-bond donors (Lipinski definition) is 2. The molecule has 1 unspecified atom stereocenters. The van der Waals surface area contributed by atoms with Gasteiger partial charge in [-0.05, 0) is 52.3 Å². The summed E-state index contributed by atoms with van der Waals surface area (Å²) < 4.78 is 13.9. The van der Waals surface area contributed by atoms with Gasteiger partial charge in [0.1, 0.15) is 5.82 Å². The highest BCUT2D eigenvalue weighted by molar-refractivity contribution is 9.11. The Balaban J connectivity index is 2.12. The highest BCUT2D eigenvalue weighted by Crippen LogP contribution is 2.29. The van der Waals surface area contributed by atoms with Gasteiger partial charge in [0, 0.05) is 17.1 Å². The van der Waals surface area contributed by atoms with Crippen molar-refractivity contribution < 1.29 is 4.39 Å². The average Bonchev–Trinajstić information content (AvgIpc) is 2.75. The summed E-state index contributed by atoms with van der Waals surface area (Å²) in [6, 6.07) is 10.4. The van der Waals surface area contributed by atoms with E-state index < -0.39 is 0 Å². The van der Waals surface area contributed by atoms with Gasteiger partial charge in [-0.1, -0.05) is 0 Å². The second-order valence-electron chi connectivity index (χ2n) is 3.58. The van der Waals surface area contributed by atoms with Crippen molar-refractivity contribution in [1.82, 2.24) is 0 Å². The minimum Gasteiger partial charge on any atom is -0.376 e. The number of rotatable bonds is 4. The summed E-state index contributed by atoms with van der Waals surface area (Å²) >= 11 is 5.07. The van der Waals surface area contributed by atoms with E-state index in [0.29, 0.717) is 6.54 Å². The molecule has 17 heavy (non-hydrogen) atoms. The van der Waals surface area contributed by atoms with E-state index in [4.69, 9.17) is 5.73 Å². The summed E-state index contributed by atoms with van der Waals surface area (Å²) in [7, 11) is 0. The third-order valence-electron chi connectivity index (χ3n) is 2.36. The number of benzene rings is 1. The van der Waals surface area contributed by atoms with Gasteiger partial charge in [0.2, 0.25) is 0 Å². The zero-order valence-electron chi connectivity index (χ0n) is 8.99. The summed E-state index contributed by atoms with van der Waals surface area (Å²) in [4.78, 5) is 1.16. The fraction of sp³-hybridized carbons (Fsp3) is 0.167. The van der Waals surface area contributed by atoms with Crippen LogP contribution in [0.3, 0.4) is 0 Å². The van der Waals surface area contributed by atoms with E-state index in [-0.39, 0.29) is 11.9 Å². The van der Waals surface area contributed by atoms with Gasteiger partial charge in [-0.2, -0.15) is 0 Å². The van der Waals surface area contributed by atoms with Gasteiger partial charge in [-0.15, -0.1) is 11.3 Å². The zero-order chi connectivity index (χ0) is 12.3. The molecule has 1 atom stereocenters. The molecule has 0 radical (unpaired) electrons. The molecule has 0 saturated carbocycles. The lowest BCUT2D eigenvalue weighted by atomic mass is 10.2. The van der Waals surface area contributed by atoms with E-state index in [0.717, 1.165) is 14.4 Å². The number of halogens is 2. The molecule has 2 nitrogen and oxygen atoms in total. The molecule has 1 aromatic carbocycles. The van der Waals surface area contributed by atoms with Crippen molar-refractivity contribution in [2.24, 2.45) is 5.73 Å². The predicted molar refractivity (Wildman–Crippen MR) is 73.8 cm³/mol. The van der Waals surface area contributed by atoms with Crippen LogP contribution in [0.15, 0.2) is 40.2 Å². The molecular formula is C12H12BrFN2S. The van der Waals surface area contributed by atoms with Gasteiger partial charge in [-0.3, -0.25) is 0 Å². The Morgan fingerprint density at radius 1 is 1.24 bits per heavy atom.